The molecule has 2 aliphatic rings. The summed E-state index contributed by atoms with van der Waals surface area (Å²) in [6.07, 6.45) is 3.01. The van der Waals surface area contributed by atoms with Crippen LogP contribution < -0.4 is 23.8 Å². The average Bonchev–Trinajstić information content (AvgIpc) is 3.55. The van der Waals surface area contributed by atoms with E-state index in [0.29, 0.717) is 69.6 Å². The van der Waals surface area contributed by atoms with E-state index < -0.39 is 17.7 Å². The molecule has 2 aliphatic heterocycles. The van der Waals surface area contributed by atoms with Crippen molar-refractivity contribution in [1.82, 2.24) is 4.98 Å². The standard InChI is InChI=1S/C32H29ClN2O7S/c1-3-4-5-12-40-22-10-6-18(15-24(22)39-2)28-27(29(36)19-7-11-23-25(16-19)42-14-13-41-23)30(37)31(38)35(28)32-34-21-9-8-20(33)17-26(21)43-32/h6-11,15-17,28,36H,3-5,12-14H2,1-2H3. The van der Waals surface area contributed by atoms with Crippen LogP contribution >= 0.6 is 22.9 Å². The van der Waals surface area contributed by atoms with Gasteiger partial charge < -0.3 is 24.1 Å². The van der Waals surface area contributed by atoms with Crippen LogP contribution in [0.2, 0.25) is 5.02 Å². The van der Waals surface area contributed by atoms with Gasteiger partial charge in [0.25, 0.3) is 5.78 Å². The molecular weight excluding hydrogens is 592 g/mol. The van der Waals surface area contributed by atoms with Gasteiger partial charge in [-0.05, 0) is 60.5 Å². The van der Waals surface area contributed by atoms with Crippen molar-refractivity contribution in [2.45, 2.75) is 32.2 Å². The van der Waals surface area contributed by atoms with Gasteiger partial charge in [0, 0.05) is 10.6 Å². The molecule has 43 heavy (non-hydrogen) atoms. The fourth-order valence-electron chi connectivity index (χ4n) is 5.19. The number of aliphatic hydroxyl groups is 1. The van der Waals surface area contributed by atoms with Crippen molar-refractivity contribution in [1.29, 1.82) is 0 Å². The predicted molar refractivity (Wildman–Crippen MR) is 165 cm³/mol. The minimum atomic E-state index is -1.01. The Hall–Kier alpha value is -4.28. The molecule has 3 aromatic carbocycles. The van der Waals surface area contributed by atoms with Crippen molar-refractivity contribution >= 4 is 55.7 Å². The summed E-state index contributed by atoms with van der Waals surface area (Å²) in [6.45, 7) is 3.42. The second-order valence-corrected chi connectivity index (χ2v) is 11.5. The number of anilines is 1. The van der Waals surface area contributed by atoms with Gasteiger partial charge in [0.05, 0.1) is 35.5 Å². The number of amides is 1. The Morgan fingerprint density at radius 1 is 1.05 bits per heavy atom. The van der Waals surface area contributed by atoms with E-state index in [2.05, 4.69) is 11.9 Å². The number of nitrogens with zero attached hydrogens (tertiary/aromatic N) is 2. The van der Waals surface area contributed by atoms with Crippen LogP contribution in [0.15, 0.2) is 60.2 Å². The SMILES string of the molecule is CCCCCOc1ccc(C2C(=C(O)c3ccc4c(c3)OCCO4)C(=O)C(=O)N2c2nc3ccc(Cl)cc3s2)cc1OC. The minimum absolute atomic E-state index is 0.0855. The Bertz CT molecular complexity index is 1750. The topological polar surface area (TPSA) is 107 Å². The largest absolute Gasteiger partial charge is 0.507 e. The van der Waals surface area contributed by atoms with Gasteiger partial charge in [-0.1, -0.05) is 48.8 Å². The summed E-state index contributed by atoms with van der Waals surface area (Å²) in [5, 5.41) is 12.4. The number of benzene rings is 3. The number of rotatable bonds is 9. The first-order chi connectivity index (χ1) is 20.9. The highest BCUT2D eigenvalue weighted by Gasteiger charge is 2.48. The van der Waals surface area contributed by atoms with Crippen LogP contribution in [-0.4, -0.2) is 48.7 Å². The van der Waals surface area contributed by atoms with Crippen LogP contribution in [-0.2, 0) is 9.59 Å². The summed E-state index contributed by atoms with van der Waals surface area (Å²) in [6, 6.07) is 14.4. The first-order valence-electron chi connectivity index (χ1n) is 14.0. The van der Waals surface area contributed by atoms with Gasteiger partial charge in [-0.25, -0.2) is 4.98 Å². The van der Waals surface area contributed by atoms with Gasteiger partial charge >= 0.3 is 5.91 Å². The molecule has 1 unspecified atom stereocenters. The Morgan fingerprint density at radius 3 is 2.65 bits per heavy atom. The molecule has 1 fully saturated rings. The van der Waals surface area contributed by atoms with E-state index in [4.69, 9.17) is 30.5 Å². The molecule has 0 aliphatic carbocycles. The summed E-state index contributed by atoms with van der Waals surface area (Å²) < 4.78 is 23.7. The van der Waals surface area contributed by atoms with Crippen molar-refractivity contribution in [2.75, 3.05) is 31.8 Å². The van der Waals surface area contributed by atoms with E-state index in [9.17, 15) is 14.7 Å². The normalized spacial score (nSPS) is 17.5. The van der Waals surface area contributed by atoms with Crippen LogP contribution in [0.3, 0.4) is 0 Å². The van der Waals surface area contributed by atoms with Crippen LogP contribution in [0.4, 0.5) is 5.13 Å². The molecule has 1 atom stereocenters. The Balaban J connectivity index is 1.48. The van der Waals surface area contributed by atoms with Crippen LogP contribution in [0.5, 0.6) is 23.0 Å². The lowest BCUT2D eigenvalue weighted by molar-refractivity contribution is -0.132. The van der Waals surface area contributed by atoms with Gasteiger partial charge in [0.15, 0.2) is 28.1 Å². The first kappa shape index (κ1) is 28.8. The smallest absolute Gasteiger partial charge is 0.301 e. The average molecular weight is 621 g/mol. The molecular formula is C32H29ClN2O7S. The molecule has 11 heteroatoms. The molecule has 0 radical (unpaired) electrons. The molecule has 6 rings (SSSR count). The number of methoxy groups -OCH3 is 1. The molecule has 1 saturated heterocycles. The lowest BCUT2D eigenvalue weighted by Gasteiger charge is -2.24. The quantitative estimate of drug-likeness (QED) is 0.0929. The number of hydrogen-bond donors (Lipinski definition) is 1. The molecule has 9 nitrogen and oxygen atoms in total. The van der Waals surface area contributed by atoms with Crippen LogP contribution in [0, 0.1) is 0 Å². The predicted octanol–water partition coefficient (Wildman–Crippen LogP) is 6.92. The van der Waals surface area contributed by atoms with E-state index in [1.54, 1.807) is 54.6 Å². The lowest BCUT2D eigenvalue weighted by atomic mass is 9.95. The van der Waals surface area contributed by atoms with Crippen molar-refractivity contribution in [3.63, 3.8) is 0 Å². The molecule has 3 heterocycles. The van der Waals surface area contributed by atoms with Crippen molar-refractivity contribution in [3.05, 3.63) is 76.3 Å². The van der Waals surface area contributed by atoms with Crippen molar-refractivity contribution in [3.8, 4) is 23.0 Å². The second-order valence-electron chi connectivity index (χ2n) is 10.1. The number of hydrogen-bond acceptors (Lipinski definition) is 9. The third-order valence-electron chi connectivity index (χ3n) is 7.31. The summed E-state index contributed by atoms with van der Waals surface area (Å²) >= 11 is 7.44. The van der Waals surface area contributed by atoms with E-state index in [1.165, 1.54) is 23.3 Å². The number of ether oxygens (including phenoxy) is 4. The number of Topliss-reactive ketones (excluding diaryl/α,β-unsaturated/α-hetero) is 1. The lowest BCUT2D eigenvalue weighted by Crippen LogP contribution is -2.29. The number of unbranched alkanes of at least 4 members (excludes halogenated alkanes) is 2. The van der Waals surface area contributed by atoms with Gasteiger partial charge in [-0.2, -0.15) is 0 Å². The summed E-state index contributed by atoms with van der Waals surface area (Å²) in [4.78, 5) is 33.4. The van der Waals surface area contributed by atoms with Crippen LogP contribution in [0.1, 0.15) is 43.4 Å². The molecule has 1 N–H and O–H groups in total. The third kappa shape index (κ3) is 5.48. The second kappa shape index (κ2) is 12.1. The highest BCUT2D eigenvalue weighted by molar-refractivity contribution is 7.22. The van der Waals surface area contributed by atoms with Crippen molar-refractivity contribution < 1.29 is 33.6 Å². The van der Waals surface area contributed by atoms with Gasteiger partial charge in [-0.15, -0.1) is 0 Å². The minimum Gasteiger partial charge on any atom is -0.507 e. The molecule has 0 spiro atoms. The van der Waals surface area contributed by atoms with Gasteiger partial charge in [0.2, 0.25) is 0 Å². The number of thiazole rings is 1. The molecule has 222 valence electrons. The van der Waals surface area contributed by atoms with E-state index >= 15 is 0 Å². The van der Waals surface area contributed by atoms with E-state index in [1.807, 2.05) is 0 Å². The number of aromatic nitrogens is 1. The third-order valence-corrected chi connectivity index (χ3v) is 8.57. The number of halogens is 1. The van der Waals surface area contributed by atoms with Crippen LogP contribution in [0.25, 0.3) is 16.0 Å². The van der Waals surface area contributed by atoms with Gasteiger partial charge in [-0.3, -0.25) is 14.5 Å². The summed E-state index contributed by atoms with van der Waals surface area (Å²) in [5.74, 6) is -0.0363. The number of aliphatic hydroxyl groups excluding tert-OH is 1. The summed E-state index contributed by atoms with van der Waals surface area (Å²) in [5.41, 5.74) is 1.39. The molecule has 0 bridgehead atoms. The highest BCUT2D eigenvalue weighted by Crippen LogP contribution is 2.46. The number of carbonyl (C=O) groups is 2. The zero-order chi connectivity index (χ0) is 30.1. The maximum absolute atomic E-state index is 13.7. The first-order valence-corrected chi connectivity index (χ1v) is 15.2. The maximum atomic E-state index is 13.7. The zero-order valence-corrected chi connectivity index (χ0v) is 25.2. The maximum Gasteiger partial charge on any atom is 0.301 e. The summed E-state index contributed by atoms with van der Waals surface area (Å²) in [7, 11) is 1.53. The molecule has 1 amide bonds. The number of carbonyl (C=O) groups excluding carboxylic acids is 2. The Morgan fingerprint density at radius 2 is 1.86 bits per heavy atom. The Kier molecular flexibility index (Phi) is 8.14. The fraction of sp³-hybridized carbons (Fsp3) is 0.281. The number of ketones is 1. The zero-order valence-electron chi connectivity index (χ0n) is 23.6. The molecule has 1 aromatic heterocycles. The molecule has 0 saturated carbocycles. The molecule has 4 aromatic rings. The van der Waals surface area contributed by atoms with Gasteiger partial charge in [0.1, 0.15) is 19.0 Å². The Labute approximate surface area is 257 Å². The highest BCUT2D eigenvalue weighted by atomic mass is 35.5. The van der Waals surface area contributed by atoms with Crippen molar-refractivity contribution in [2.24, 2.45) is 0 Å². The number of fused-ring (bicyclic) bond motifs is 2. The fourth-order valence-corrected chi connectivity index (χ4v) is 6.46. The van der Waals surface area contributed by atoms with E-state index in [-0.39, 0.29) is 11.3 Å². The van der Waals surface area contributed by atoms with E-state index in [0.717, 1.165) is 24.0 Å². The monoisotopic (exact) mass is 620 g/mol.